The minimum atomic E-state index is 0.563. The fourth-order valence-electron chi connectivity index (χ4n) is 8.79. The van der Waals surface area contributed by atoms with Crippen LogP contribution in [0.5, 0.6) is 0 Å². The third kappa shape index (κ3) is 4.39. The van der Waals surface area contributed by atoms with E-state index in [0.29, 0.717) is 11.3 Å². The van der Waals surface area contributed by atoms with Crippen molar-refractivity contribution in [1.82, 2.24) is 13.7 Å². The van der Waals surface area contributed by atoms with E-state index < -0.39 is 0 Å². The number of hydrogen-bond donors (Lipinski definition) is 0. The normalized spacial score (nSPS) is 11.6. The van der Waals surface area contributed by atoms with Crippen molar-refractivity contribution in [3.05, 3.63) is 193 Å². The van der Waals surface area contributed by atoms with Crippen LogP contribution in [-0.2, 0) is 0 Å². The van der Waals surface area contributed by atoms with Gasteiger partial charge in [-0.3, -0.25) is 0 Å². The molecule has 0 aliphatic heterocycles. The average Bonchev–Trinajstić information content (AvgIpc) is 3.89. The molecule has 254 valence electrons. The number of rotatable bonds is 4. The first-order valence-corrected chi connectivity index (χ1v) is 18.3. The van der Waals surface area contributed by atoms with Gasteiger partial charge in [0.2, 0.25) is 0 Å². The van der Waals surface area contributed by atoms with Gasteiger partial charge in [-0.15, -0.1) is 0 Å². The van der Waals surface area contributed by atoms with Crippen molar-refractivity contribution < 1.29 is 0 Å². The van der Waals surface area contributed by atoms with Crippen molar-refractivity contribution >= 4 is 71.1 Å². The summed E-state index contributed by atoms with van der Waals surface area (Å²) in [6.45, 7) is 7.68. The highest BCUT2D eigenvalue weighted by molar-refractivity contribution is 6.15. The summed E-state index contributed by atoms with van der Waals surface area (Å²) < 4.78 is 6.91. The number of hydrogen-bond acceptors (Lipinski definition) is 1. The van der Waals surface area contributed by atoms with Crippen LogP contribution >= 0.6 is 0 Å². The van der Waals surface area contributed by atoms with Crippen molar-refractivity contribution in [2.75, 3.05) is 0 Å². The highest BCUT2D eigenvalue weighted by atomic mass is 15.1. The van der Waals surface area contributed by atoms with Gasteiger partial charge in [0.15, 0.2) is 5.69 Å². The fraction of sp³-hybridized carbons (Fsp3) is 0. The second-order valence-corrected chi connectivity index (χ2v) is 13.9. The van der Waals surface area contributed by atoms with Crippen LogP contribution < -0.4 is 0 Å². The Hall–Kier alpha value is -7.86. The van der Waals surface area contributed by atoms with Gasteiger partial charge in [-0.2, -0.15) is 5.26 Å². The molecule has 11 rings (SSSR count). The van der Waals surface area contributed by atoms with E-state index in [4.69, 9.17) is 6.57 Å². The number of benzene rings is 8. The van der Waals surface area contributed by atoms with E-state index in [-0.39, 0.29) is 0 Å². The number of aromatic nitrogens is 3. The van der Waals surface area contributed by atoms with Crippen molar-refractivity contribution in [2.24, 2.45) is 0 Å². The van der Waals surface area contributed by atoms with Crippen molar-refractivity contribution in [2.45, 2.75) is 0 Å². The second kappa shape index (κ2) is 11.8. The first-order chi connectivity index (χ1) is 27.2. The molecular weight excluding hydrogens is 671 g/mol. The molecule has 0 bridgehead atoms. The van der Waals surface area contributed by atoms with Crippen molar-refractivity contribution in [1.29, 1.82) is 5.26 Å². The number of nitriles is 1. The Balaban J connectivity index is 1.12. The van der Waals surface area contributed by atoms with Crippen LogP contribution in [0.4, 0.5) is 5.69 Å². The zero-order valence-electron chi connectivity index (χ0n) is 29.5. The van der Waals surface area contributed by atoms with E-state index in [0.717, 1.165) is 61.0 Å². The summed E-state index contributed by atoms with van der Waals surface area (Å²) >= 11 is 0. The largest absolute Gasteiger partial charge is 0.309 e. The Bertz CT molecular complexity index is 3400. The molecule has 0 saturated carbocycles. The predicted octanol–water partition coefficient (Wildman–Crippen LogP) is 13.1. The second-order valence-electron chi connectivity index (χ2n) is 13.9. The molecule has 55 heavy (non-hydrogen) atoms. The Morgan fingerprint density at radius 3 is 1.53 bits per heavy atom. The molecule has 11 aromatic rings. The number of fused-ring (bicyclic) bond motifs is 9. The molecule has 0 saturated heterocycles. The van der Waals surface area contributed by atoms with Gasteiger partial charge in [0.25, 0.3) is 0 Å². The maximum Gasteiger partial charge on any atom is 0.189 e. The Labute approximate surface area is 316 Å². The minimum absolute atomic E-state index is 0.563. The van der Waals surface area contributed by atoms with Crippen molar-refractivity contribution in [3.8, 4) is 34.3 Å². The van der Waals surface area contributed by atoms with E-state index in [9.17, 15) is 5.26 Å². The average molecular weight is 700 g/mol. The summed E-state index contributed by atoms with van der Waals surface area (Å²) in [4.78, 5) is 3.72. The lowest BCUT2D eigenvalue weighted by atomic mass is 9.98. The molecule has 0 fully saturated rings. The third-order valence-electron chi connectivity index (χ3n) is 11.1. The lowest BCUT2D eigenvalue weighted by Gasteiger charge is -2.16. The Morgan fingerprint density at radius 2 is 0.927 bits per heavy atom. The molecule has 0 aliphatic carbocycles. The minimum Gasteiger partial charge on any atom is -0.309 e. The van der Waals surface area contributed by atoms with Crippen LogP contribution in [0.3, 0.4) is 0 Å². The quantitative estimate of drug-likeness (QED) is 0.169. The van der Waals surface area contributed by atoms with E-state index in [1.54, 1.807) is 0 Å². The van der Waals surface area contributed by atoms with Gasteiger partial charge in [0.1, 0.15) is 6.07 Å². The van der Waals surface area contributed by atoms with Crippen molar-refractivity contribution in [3.63, 3.8) is 0 Å². The molecule has 5 heteroatoms. The molecule has 3 aromatic heterocycles. The number of para-hydroxylation sites is 5. The first-order valence-electron chi connectivity index (χ1n) is 18.3. The molecule has 0 unspecified atom stereocenters. The molecule has 8 aromatic carbocycles. The predicted molar refractivity (Wildman–Crippen MR) is 226 cm³/mol. The fourth-order valence-corrected chi connectivity index (χ4v) is 8.79. The van der Waals surface area contributed by atoms with Crippen LogP contribution in [0.1, 0.15) is 5.56 Å². The Morgan fingerprint density at radius 1 is 0.436 bits per heavy atom. The van der Waals surface area contributed by atoms with Crippen LogP contribution in [0.15, 0.2) is 176 Å². The molecular formula is C50H29N5. The summed E-state index contributed by atoms with van der Waals surface area (Å²) in [7, 11) is 0. The number of nitrogens with zero attached hydrogens (tertiary/aromatic N) is 5. The van der Waals surface area contributed by atoms with Crippen LogP contribution in [0.25, 0.3) is 98.5 Å². The zero-order chi connectivity index (χ0) is 36.6. The van der Waals surface area contributed by atoms with Crippen LogP contribution in [0.2, 0.25) is 0 Å². The topological polar surface area (TPSA) is 42.9 Å². The smallest absolute Gasteiger partial charge is 0.189 e. The lowest BCUT2D eigenvalue weighted by Crippen LogP contribution is -2.01. The van der Waals surface area contributed by atoms with Gasteiger partial charge in [-0.25, -0.2) is 4.85 Å². The van der Waals surface area contributed by atoms with Gasteiger partial charge in [-0.05, 0) is 60.2 Å². The summed E-state index contributed by atoms with van der Waals surface area (Å²) in [6.07, 6.45) is 0. The van der Waals surface area contributed by atoms with E-state index in [1.165, 1.54) is 32.6 Å². The molecule has 0 aliphatic rings. The van der Waals surface area contributed by atoms with Crippen LogP contribution in [-0.4, -0.2) is 13.7 Å². The molecule has 0 radical (unpaired) electrons. The molecule has 0 amide bonds. The van der Waals surface area contributed by atoms with E-state index in [1.807, 2.05) is 48.5 Å². The van der Waals surface area contributed by atoms with Gasteiger partial charge in [0, 0.05) is 49.1 Å². The van der Waals surface area contributed by atoms with Gasteiger partial charge < -0.3 is 13.7 Å². The monoisotopic (exact) mass is 699 g/mol. The molecule has 3 heterocycles. The van der Waals surface area contributed by atoms with Gasteiger partial charge in [0.05, 0.1) is 51.1 Å². The van der Waals surface area contributed by atoms with Crippen LogP contribution in [0, 0.1) is 17.9 Å². The zero-order valence-corrected chi connectivity index (χ0v) is 29.5. The molecule has 0 spiro atoms. The van der Waals surface area contributed by atoms with E-state index >= 15 is 0 Å². The summed E-state index contributed by atoms with van der Waals surface area (Å²) in [5, 5.41) is 17.8. The highest BCUT2D eigenvalue weighted by Gasteiger charge is 2.21. The lowest BCUT2D eigenvalue weighted by molar-refractivity contribution is 1.13. The first kappa shape index (κ1) is 30.7. The Kier molecular flexibility index (Phi) is 6.61. The summed E-state index contributed by atoms with van der Waals surface area (Å²) in [6, 6.07) is 63.7. The van der Waals surface area contributed by atoms with Gasteiger partial charge >= 0.3 is 0 Å². The highest BCUT2D eigenvalue weighted by Crippen LogP contribution is 2.41. The standard InChI is InChI=1S/C50H29N5/c1-52-33-26-29-40-38-14-4-9-21-46(38)55(49(40)30-33)47-22-10-16-35(42(47)31-51)32-24-27-34(28-25-32)53-43-18-6-5-15-39(43)41-17-11-23-48(50(41)53)54-44-19-7-2-12-36(44)37-13-3-8-20-45(37)54/h2-30H. The molecule has 0 N–H and O–H groups in total. The third-order valence-corrected chi connectivity index (χ3v) is 11.1. The van der Waals surface area contributed by atoms with E-state index in [2.05, 4.69) is 152 Å². The summed E-state index contributed by atoms with van der Waals surface area (Å²) in [5.41, 5.74) is 12.4. The molecule has 0 atom stereocenters. The molecule has 5 nitrogen and oxygen atoms in total. The maximum atomic E-state index is 10.8. The maximum absolute atomic E-state index is 10.8. The summed E-state index contributed by atoms with van der Waals surface area (Å²) in [5.74, 6) is 0. The SMILES string of the molecule is [C-]#[N+]c1ccc2c3ccccc3n(-c3cccc(-c4ccc(-n5c6ccccc6c6cccc(-n7c8ccccc8c8ccccc87)c65)cc4)c3C#N)c2c1. The van der Waals surface area contributed by atoms with Gasteiger partial charge in [-0.1, -0.05) is 121 Å².